The molecule has 4 aliphatic heterocycles. The van der Waals surface area contributed by atoms with Crippen LogP contribution in [0.25, 0.3) is 0 Å². The minimum absolute atomic E-state index is 0.0196. The van der Waals surface area contributed by atoms with E-state index in [1.807, 2.05) is 6.92 Å². The van der Waals surface area contributed by atoms with Gasteiger partial charge in [0.25, 0.3) is 33.7 Å². The third kappa shape index (κ3) is 12.2. The first kappa shape index (κ1) is 79.3. The van der Waals surface area contributed by atoms with E-state index in [2.05, 4.69) is 61.5 Å². The van der Waals surface area contributed by atoms with Crippen molar-refractivity contribution in [2.24, 2.45) is 138 Å². The molecule has 0 saturated heterocycles. The van der Waals surface area contributed by atoms with Crippen molar-refractivity contribution in [3.05, 3.63) is 77.4 Å². The summed E-state index contributed by atoms with van der Waals surface area (Å²) in [5.41, 5.74) is 0.252. The number of nitrogens with zero attached hydrogens (tertiary/aromatic N) is 5. The molecule has 2 N–H and O–H groups in total. The molecule has 28 atom stereocenters. The number of nitriles is 1. The van der Waals surface area contributed by atoms with E-state index in [1.165, 1.54) is 19.3 Å². The van der Waals surface area contributed by atoms with Gasteiger partial charge in [-0.3, -0.25) is 28.2 Å². The van der Waals surface area contributed by atoms with Gasteiger partial charge >= 0.3 is 5.97 Å². The zero-order valence-corrected chi connectivity index (χ0v) is 67.4. The number of carboxylic acids is 1. The third-order valence-corrected chi connectivity index (χ3v) is 37.1. The van der Waals surface area contributed by atoms with E-state index in [4.69, 9.17) is 4.18 Å². The van der Waals surface area contributed by atoms with Crippen LogP contribution in [0.5, 0.6) is 0 Å². The SMILES string of the molecule is CN1C(=O)C(F)=C[C@]2(C)C3CC[C@]4(C)[C@@H](C(=O)O)CC[C@H]4C3CC[C@@H]12.CN1C(=O)C(F)=C[C@]2(C)C3CC[C@]4(C)[C@@H](CC#N)CC[C@H]4C3CC[C@@H]12.CN1C(=O)C(F)=C[C@]2(C)C3CC[C@]4(C)[C@@H](CO)CC[C@H]4C3CC[C@@H]12.Cc1ccc(S(=O)(=O)OC[C@H]2CC[C@H]3C4CC[C@H]5N(C)C(=O)C(F)=C[C@]5(C)C4CC[C@]23C)cc1. The lowest BCUT2D eigenvalue weighted by Gasteiger charge is -2.60. The van der Waals surface area contributed by atoms with Crippen LogP contribution in [0.1, 0.15) is 221 Å². The number of hydrogen-bond donors (Lipinski definition) is 2. The fourth-order valence-corrected chi connectivity index (χ4v) is 31.0. The molecule has 4 amide bonds. The molecule has 0 spiro atoms. The fourth-order valence-electron chi connectivity index (χ4n) is 30.0. The van der Waals surface area contributed by atoms with Gasteiger partial charge in [0.2, 0.25) is 0 Å². The van der Waals surface area contributed by atoms with Gasteiger partial charge in [-0.05, 0) is 308 Å². The van der Waals surface area contributed by atoms with E-state index in [1.54, 1.807) is 96.4 Å². The maximum Gasteiger partial charge on any atom is 0.307 e. The summed E-state index contributed by atoms with van der Waals surface area (Å²) in [5.74, 6) is 1.85. The van der Waals surface area contributed by atoms with E-state index < -0.39 is 63.0 Å². The maximum atomic E-state index is 14.6. The predicted molar refractivity (Wildman–Crippen MR) is 404 cm³/mol. The van der Waals surface area contributed by atoms with Gasteiger partial charge < -0.3 is 29.8 Å². The lowest BCUT2D eigenvalue weighted by atomic mass is 9.47. The Kier molecular flexibility index (Phi) is 20.8. The molecule has 1 aromatic carbocycles. The van der Waals surface area contributed by atoms with Crippen LogP contribution < -0.4 is 0 Å². The van der Waals surface area contributed by atoms with Crippen molar-refractivity contribution >= 4 is 39.7 Å². The van der Waals surface area contributed by atoms with Gasteiger partial charge in [-0.1, -0.05) is 73.1 Å². The number of halogens is 4. The molecule has 15 nitrogen and oxygen atoms in total. The summed E-state index contributed by atoms with van der Waals surface area (Å²) < 4.78 is 88.7. The van der Waals surface area contributed by atoms with Crippen LogP contribution in [0.3, 0.4) is 0 Å². The van der Waals surface area contributed by atoms with E-state index >= 15 is 0 Å². The normalized spacial score (nSPS) is 46.5. The van der Waals surface area contributed by atoms with Crippen molar-refractivity contribution in [3.8, 4) is 6.07 Å². The molecule has 0 bridgehead atoms. The second-order valence-corrected chi connectivity index (χ2v) is 41.2. The Morgan fingerprint density at radius 1 is 0.454 bits per heavy atom. The van der Waals surface area contributed by atoms with Gasteiger partial charge in [-0.15, -0.1) is 0 Å². The molecule has 20 heteroatoms. The molecule has 12 fully saturated rings. The first-order valence-corrected chi connectivity index (χ1v) is 43.0. The number of carbonyl (C=O) groups excluding carboxylic acids is 4. The average Bonchev–Trinajstić information content (AvgIpc) is 1.35. The number of amides is 4. The highest BCUT2D eigenvalue weighted by atomic mass is 32.2. The highest BCUT2D eigenvalue weighted by Crippen LogP contribution is 2.71. The highest BCUT2D eigenvalue weighted by Gasteiger charge is 2.67. The van der Waals surface area contributed by atoms with E-state index in [-0.39, 0.29) is 90.8 Å². The zero-order chi connectivity index (χ0) is 77.9. The Balaban J connectivity index is 0.000000122. The molecule has 0 radical (unpaired) electrons. The number of fused-ring (bicyclic) bond motifs is 20. The van der Waals surface area contributed by atoms with Crippen LogP contribution in [0.15, 0.2) is 76.8 Å². The number of aryl methyl sites for hydroxylation is 1. The number of carboxylic acid groups (broad SMARTS) is 1. The first-order valence-electron chi connectivity index (χ1n) is 41.6. The highest BCUT2D eigenvalue weighted by molar-refractivity contribution is 7.86. The fraction of sp³-hybridized carbons (Fsp3) is 0.773. The Morgan fingerprint density at radius 2 is 0.759 bits per heavy atom. The number of rotatable bonds is 7. The quantitative estimate of drug-likeness (QED) is 0.194. The van der Waals surface area contributed by atoms with Crippen molar-refractivity contribution in [3.63, 3.8) is 0 Å². The summed E-state index contributed by atoms with van der Waals surface area (Å²) in [7, 11) is 3.21. The third-order valence-electron chi connectivity index (χ3n) is 35.8. The molecule has 108 heavy (non-hydrogen) atoms. The van der Waals surface area contributed by atoms with Crippen molar-refractivity contribution in [1.29, 1.82) is 5.26 Å². The van der Waals surface area contributed by atoms with Gasteiger partial charge in [0.05, 0.1) is 23.5 Å². The number of aliphatic carboxylic acids is 1. The second kappa shape index (κ2) is 28.3. The summed E-state index contributed by atoms with van der Waals surface area (Å²) in [4.78, 5) is 66.9. The molecule has 17 rings (SSSR count). The second-order valence-electron chi connectivity index (χ2n) is 39.5. The number of aliphatic hydroxyl groups is 1. The molecule has 8 unspecified atom stereocenters. The van der Waals surface area contributed by atoms with Gasteiger partial charge in [0, 0.05) is 87.0 Å². The van der Waals surface area contributed by atoms with Crippen molar-refractivity contribution < 1.29 is 64.3 Å². The summed E-state index contributed by atoms with van der Waals surface area (Å²) in [6.45, 7) is 20.3. The summed E-state index contributed by atoms with van der Waals surface area (Å²) in [6.07, 6.45) is 32.0. The molecule has 594 valence electrons. The standard InChI is InChI=1S/C27H36FNO4S.C21H29FN2O.C20H28FNO3.C20H30FNO2/c1-17-5-8-19(9-6-17)34(31,32)33-16-18-7-11-21-20-10-12-24-27(3,15-23(28)25(30)29(24)4)22(20)13-14-26(18,21)2;1-20-10-8-16-14(15(20)6-4-13(20)9-11-23)5-7-18-21(16,2)12-17(22)19(25)24(18)3;1-19-9-8-13-11(12(19)5-6-14(19)18(24)25)4-7-16-20(13,2)10-15(21)17(23)22(16)3;1-19-9-8-15-13(14(19)6-4-12(19)11-23)5-7-17-20(15,2)10-16(21)18(24)22(17)3/h5-6,8-9,15,18,20-22,24H,7,10-14,16H2,1-4H3;12-16,18H,4-10H2,1-3H3;10-14,16H,4-9H2,1-3H3,(H,24,25);10,12-15,17,23H,4-9,11H2,1-3H3/t18-,20?,21+,22?,24-,26-,27-;13-,14?,15+,16?,18-,20-,21-;11?,12-,13?,14+,16+,19-,20+;12-,13?,14+,15?,17-,19-,20-/m1101/s1. The van der Waals surface area contributed by atoms with E-state index in [9.17, 15) is 65.4 Å². The van der Waals surface area contributed by atoms with Crippen LogP contribution in [0, 0.1) is 156 Å². The molecule has 16 aliphatic rings. The molecular weight excluding hydrogens is 1400 g/mol. The molecule has 12 saturated carbocycles. The minimum Gasteiger partial charge on any atom is -0.481 e. The Labute approximate surface area is 640 Å². The first-order chi connectivity index (χ1) is 50.8. The molecule has 12 aliphatic carbocycles. The monoisotopic (exact) mass is 1520 g/mol. The minimum atomic E-state index is -3.78. The predicted octanol–water partition coefficient (Wildman–Crippen LogP) is 16.9. The maximum absolute atomic E-state index is 14.6. The van der Waals surface area contributed by atoms with Crippen LogP contribution in [-0.2, 0) is 38.3 Å². The molecule has 4 heterocycles. The van der Waals surface area contributed by atoms with Crippen LogP contribution in [-0.4, -0.2) is 133 Å². The van der Waals surface area contributed by atoms with Gasteiger partial charge in [-0.2, -0.15) is 13.7 Å². The zero-order valence-electron chi connectivity index (χ0n) is 66.6. The van der Waals surface area contributed by atoms with Crippen molar-refractivity contribution in [2.75, 3.05) is 41.4 Å². The van der Waals surface area contributed by atoms with Gasteiger partial charge in [0.1, 0.15) is 0 Å². The Morgan fingerprint density at radius 3 is 1.10 bits per heavy atom. The summed E-state index contributed by atoms with van der Waals surface area (Å²) in [5, 5.41) is 28.7. The number of likely N-dealkylation sites (N-methyl/N-ethyl adjacent to an activating group) is 4. The molecular formula is C88H123F4N5O10S. The molecule has 0 aromatic heterocycles. The lowest BCUT2D eigenvalue weighted by Crippen LogP contribution is -2.60. The average molecular weight is 1520 g/mol. The van der Waals surface area contributed by atoms with Gasteiger partial charge in [0.15, 0.2) is 23.3 Å². The van der Waals surface area contributed by atoms with E-state index in [0.29, 0.717) is 95.9 Å². The smallest absolute Gasteiger partial charge is 0.307 e. The van der Waals surface area contributed by atoms with Crippen LogP contribution in [0.2, 0.25) is 0 Å². The largest absolute Gasteiger partial charge is 0.481 e. The lowest BCUT2D eigenvalue weighted by molar-refractivity contribution is -0.153. The van der Waals surface area contributed by atoms with Crippen molar-refractivity contribution in [1.82, 2.24) is 19.6 Å². The van der Waals surface area contributed by atoms with E-state index in [0.717, 1.165) is 140 Å². The number of carbonyl (C=O) groups is 5. The van der Waals surface area contributed by atoms with Crippen LogP contribution >= 0.6 is 0 Å². The summed E-state index contributed by atoms with van der Waals surface area (Å²) >= 11 is 0. The number of hydrogen-bond acceptors (Lipinski definition) is 10. The topological polar surface area (TPSA) is 206 Å². The van der Waals surface area contributed by atoms with Gasteiger partial charge in [-0.25, -0.2) is 17.6 Å². The molecule has 1 aromatic rings. The van der Waals surface area contributed by atoms with Crippen LogP contribution in [0.4, 0.5) is 17.6 Å². The number of benzene rings is 1. The Bertz CT molecular complexity index is 4030. The van der Waals surface area contributed by atoms with Crippen molar-refractivity contribution in [2.45, 2.75) is 252 Å². The Hall–Kier alpha value is -5.39. The number of aliphatic hydroxyl groups excluding tert-OH is 1. The summed E-state index contributed by atoms with van der Waals surface area (Å²) in [6, 6.07) is 9.55.